The molecule has 3 aromatic rings. The molecular weight excluding hydrogens is 464 g/mol. The maximum Gasteiger partial charge on any atom is 0.243 e. The zero-order valence-corrected chi connectivity index (χ0v) is 21.4. The molecule has 4 nitrogen and oxygen atoms in total. The Hall–Kier alpha value is -2.76. The van der Waals surface area contributed by atoms with E-state index in [2.05, 4.69) is 5.32 Å². The molecule has 0 saturated carbocycles. The largest absolute Gasteiger partial charge is 0.352 e. The van der Waals surface area contributed by atoms with Crippen LogP contribution in [0.5, 0.6) is 0 Å². The summed E-state index contributed by atoms with van der Waals surface area (Å²) in [6, 6.07) is 24.7. The minimum atomic E-state index is -0.621. The molecule has 0 spiro atoms. The first-order valence-electron chi connectivity index (χ1n) is 11.4. The highest BCUT2D eigenvalue weighted by Gasteiger charge is 2.30. The predicted octanol–water partition coefficient (Wildman–Crippen LogP) is 5.91. The highest BCUT2D eigenvalue weighted by Crippen LogP contribution is 2.23. The molecule has 178 valence electrons. The number of rotatable bonds is 10. The van der Waals surface area contributed by atoms with Crippen LogP contribution < -0.4 is 5.32 Å². The van der Waals surface area contributed by atoms with Crippen LogP contribution in [0.15, 0.2) is 83.8 Å². The summed E-state index contributed by atoms with van der Waals surface area (Å²) in [6.45, 7) is 6.26. The third-order valence-electron chi connectivity index (χ3n) is 5.35. The van der Waals surface area contributed by atoms with Gasteiger partial charge in [0.15, 0.2) is 0 Å². The molecule has 0 radical (unpaired) electrons. The molecular formula is C28H31ClN2O2S. The number of benzene rings is 3. The zero-order chi connectivity index (χ0) is 24.5. The number of hydrogen-bond acceptors (Lipinski definition) is 3. The first kappa shape index (κ1) is 25.9. The van der Waals surface area contributed by atoms with Gasteiger partial charge in [0.25, 0.3) is 0 Å². The number of nitrogens with one attached hydrogen (secondary N) is 1. The second kappa shape index (κ2) is 12.6. The van der Waals surface area contributed by atoms with E-state index in [9.17, 15) is 9.59 Å². The van der Waals surface area contributed by atoms with Gasteiger partial charge in [0.1, 0.15) is 6.04 Å². The van der Waals surface area contributed by atoms with Crippen LogP contribution in [0.2, 0.25) is 5.02 Å². The van der Waals surface area contributed by atoms with Gasteiger partial charge in [-0.05, 0) is 56.2 Å². The zero-order valence-electron chi connectivity index (χ0n) is 19.8. The minimum Gasteiger partial charge on any atom is -0.352 e. The first-order chi connectivity index (χ1) is 16.3. The summed E-state index contributed by atoms with van der Waals surface area (Å²) in [5, 5.41) is 3.68. The smallest absolute Gasteiger partial charge is 0.243 e. The average molecular weight is 495 g/mol. The van der Waals surface area contributed by atoms with E-state index < -0.39 is 6.04 Å². The van der Waals surface area contributed by atoms with E-state index in [1.807, 2.05) is 99.6 Å². The summed E-state index contributed by atoms with van der Waals surface area (Å²) in [5.41, 5.74) is 3.16. The second-order valence-electron chi connectivity index (χ2n) is 8.62. The molecule has 0 aromatic heterocycles. The Morgan fingerprint density at radius 1 is 0.912 bits per heavy atom. The monoisotopic (exact) mass is 494 g/mol. The van der Waals surface area contributed by atoms with Gasteiger partial charge < -0.3 is 10.2 Å². The van der Waals surface area contributed by atoms with Crippen molar-refractivity contribution >= 4 is 35.2 Å². The third-order valence-corrected chi connectivity index (χ3v) is 6.60. The Kier molecular flexibility index (Phi) is 9.61. The molecule has 6 heteroatoms. The normalized spacial score (nSPS) is 11.8. The van der Waals surface area contributed by atoms with Gasteiger partial charge in [0.2, 0.25) is 11.8 Å². The third kappa shape index (κ3) is 7.93. The molecule has 0 bridgehead atoms. The Morgan fingerprint density at radius 3 is 2.18 bits per heavy atom. The topological polar surface area (TPSA) is 49.4 Å². The molecule has 34 heavy (non-hydrogen) atoms. The molecule has 0 aliphatic carbocycles. The van der Waals surface area contributed by atoms with Crippen LogP contribution in [0.3, 0.4) is 0 Å². The number of nitrogens with zero attached hydrogens (tertiary/aromatic N) is 1. The van der Waals surface area contributed by atoms with Crippen LogP contribution in [0.4, 0.5) is 0 Å². The van der Waals surface area contributed by atoms with Crippen LogP contribution >= 0.6 is 23.4 Å². The second-order valence-corrected chi connectivity index (χ2v) is 10.1. The number of amides is 2. The fourth-order valence-electron chi connectivity index (χ4n) is 3.58. The molecule has 2 amide bonds. The Balaban J connectivity index is 1.89. The lowest BCUT2D eigenvalue weighted by Gasteiger charge is -2.32. The fourth-order valence-corrected chi connectivity index (χ4v) is 4.49. The first-order valence-corrected chi connectivity index (χ1v) is 12.8. The SMILES string of the molecule is Cc1ccc(CN(C(=O)CSc2ccc(Cl)cc2)[C@@H](Cc2ccccc2)C(=O)NC(C)C)cc1. The van der Waals surface area contributed by atoms with Gasteiger partial charge in [-0.3, -0.25) is 9.59 Å². The van der Waals surface area contributed by atoms with Crippen LogP contribution in [0.25, 0.3) is 0 Å². The molecule has 0 aliphatic rings. The van der Waals surface area contributed by atoms with Crippen LogP contribution in [-0.2, 0) is 22.6 Å². The Labute approximate surface area is 211 Å². The summed E-state index contributed by atoms with van der Waals surface area (Å²) in [6.07, 6.45) is 0.447. The van der Waals surface area contributed by atoms with Gasteiger partial charge in [-0.25, -0.2) is 0 Å². The van der Waals surface area contributed by atoms with E-state index in [0.717, 1.165) is 21.6 Å². The highest BCUT2D eigenvalue weighted by atomic mass is 35.5. The molecule has 0 heterocycles. The number of hydrogen-bond donors (Lipinski definition) is 1. The van der Waals surface area contributed by atoms with Crippen molar-refractivity contribution in [3.63, 3.8) is 0 Å². The van der Waals surface area contributed by atoms with Gasteiger partial charge in [-0.2, -0.15) is 0 Å². The van der Waals surface area contributed by atoms with Crippen molar-refractivity contribution in [2.75, 3.05) is 5.75 Å². The van der Waals surface area contributed by atoms with Gasteiger partial charge in [0, 0.05) is 28.9 Å². The van der Waals surface area contributed by atoms with Crippen molar-refractivity contribution in [2.45, 2.75) is 50.7 Å². The molecule has 0 saturated heterocycles. The molecule has 1 atom stereocenters. The minimum absolute atomic E-state index is 0.0226. The van der Waals surface area contributed by atoms with Crippen LogP contribution in [0.1, 0.15) is 30.5 Å². The lowest BCUT2D eigenvalue weighted by Crippen LogP contribution is -2.52. The fraction of sp³-hybridized carbons (Fsp3) is 0.286. The highest BCUT2D eigenvalue weighted by molar-refractivity contribution is 8.00. The van der Waals surface area contributed by atoms with Gasteiger partial charge in [-0.1, -0.05) is 71.8 Å². The maximum atomic E-state index is 13.6. The van der Waals surface area contributed by atoms with E-state index >= 15 is 0 Å². The quantitative estimate of drug-likeness (QED) is 0.357. The number of thioether (sulfide) groups is 1. The Morgan fingerprint density at radius 2 is 1.56 bits per heavy atom. The van der Waals surface area contributed by atoms with E-state index in [-0.39, 0.29) is 23.6 Å². The number of halogens is 1. The molecule has 3 aromatic carbocycles. The summed E-state index contributed by atoms with van der Waals surface area (Å²) in [4.78, 5) is 29.6. The summed E-state index contributed by atoms with van der Waals surface area (Å²) < 4.78 is 0. The van der Waals surface area contributed by atoms with Crippen molar-refractivity contribution in [3.05, 3.63) is 101 Å². The van der Waals surface area contributed by atoms with Crippen molar-refractivity contribution in [1.82, 2.24) is 10.2 Å². The van der Waals surface area contributed by atoms with E-state index in [1.54, 1.807) is 4.90 Å². The molecule has 0 fully saturated rings. The van der Waals surface area contributed by atoms with Gasteiger partial charge in [-0.15, -0.1) is 11.8 Å². The van der Waals surface area contributed by atoms with Crippen molar-refractivity contribution in [2.24, 2.45) is 0 Å². The lowest BCUT2D eigenvalue weighted by atomic mass is 10.0. The van der Waals surface area contributed by atoms with Gasteiger partial charge >= 0.3 is 0 Å². The van der Waals surface area contributed by atoms with Crippen molar-refractivity contribution in [3.8, 4) is 0 Å². The predicted molar refractivity (Wildman–Crippen MR) is 141 cm³/mol. The maximum absolute atomic E-state index is 13.6. The van der Waals surface area contributed by atoms with Crippen molar-refractivity contribution < 1.29 is 9.59 Å². The molecule has 3 rings (SSSR count). The standard InChI is InChI=1S/C28H31ClN2O2S/c1-20(2)30-28(33)26(17-22-7-5-4-6-8-22)31(18-23-11-9-21(3)10-12-23)27(32)19-34-25-15-13-24(29)14-16-25/h4-16,20,26H,17-19H2,1-3H3,(H,30,33)/t26-/m0/s1. The van der Waals surface area contributed by atoms with Crippen LogP contribution in [-0.4, -0.2) is 34.6 Å². The Bertz CT molecular complexity index is 1070. The number of aryl methyl sites for hydroxylation is 1. The van der Waals surface area contributed by atoms with E-state index in [4.69, 9.17) is 11.6 Å². The summed E-state index contributed by atoms with van der Waals surface area (Å²) in [7, 11) is 0. The summed E-state index contributed by atoms with van der Waals surface area (Å²) in [5.74, 6) is 0.00413. The summed E-state index contributed by atoms with van der Waals surface area (Å²) >= 11 is 7.44. The van der Waals surface area contributed by atoms with Gasteiger partial charge in [0.05, 0.1) is 5.75 Å². The van der Waals surface area contributed by atoms with E-state index in [0.29, 0.717) is 18.0 Å². The molecule has 1 N–H and O–H groups in total. The lowest BCUT2D eigenvalue weighted by molar-refractivity contribution is -0.139. The van der Waals surface area contributed by atoms with Crippen molar-refractivity contribution in [1.29, 1.82) is 0 Å². The number of carbonyl (C=O) groups is 2. The van der Waals surface area contributed by atoms with Crippen LogP contribution in [0, 0.1) is 6.92 Å². The van der Waals surface area contributed by atoms with E-state index in [1.165, 1.54) is 11.8 Å². The number of carbonyl (C=O) groups excluding carboxylic acids is 2. The average Bonchev–Trinajstić information content (AvgIpc) is 2.82. The molecule has 0 aliphatic heterocycles. The molecule has 0 unspecified atom stereocenters.